The smallest absolute Gasteiger partial charge is 0.227 e. The number of hydrogen-bond acceptors (Lipinski definition) is 4. The summed E-state index contributed by atoms with van der Waals surface area (Å²) in [5, 5.41) is 2.02. The van der Waals surface area contributed by atoms with Crippen LogP contribution in [-0.4, -0.2) is 37.0 Å². The van der Waals surface area contributed by atoms with Gasteiger partial charge in [-0.25, -0.2) is 0 Å². The number of benzene rings is 1. The standard InChI is InChI=1S/C17H21N3OS/c1-13-4-5-14(18)11-16(13)19-6-8-20(9-7-19)17(21)12-15-3-2-10-22-15/h2-5,10-11H,6-9,12,18H2,1H3. The van der Waals surface area contributed by atoms with E-state index in [9.17, 15) is 4.79 Å². The van der Waals surface area contributed by atoms with Gasteiger partial charge in [0.1, 0.15) is 0 Å². The molecule has 22 heavy (non-hydrogen) atoms. The molecule has 2 N–H and O–H groups in total. The summed E-state index contributed by atoms with van der Waals surface area (Å²) in [6, 6.07) is 10.0. The number of nitrogens with zero attached hydrogens (tertiary/aromatic N) is 2. The second-order valence-corrected chi connectivity index (χ2v) is 6.70. The van der Waals surface area contributed by atoms with Crippen LogP contribution in [-0.2, 0) is 11.2 Å². The third-order valence-electron chi connectivity index (χ3n) is 4.11. The van der Waals surface area contributed by atoms with Crippen molar-refractivity contribution in [1.82, 2.24) is 4.90 Å². The number of piperazine rings is 1. The van der Waals surface area contributed by atoms with Crippen molar-refractivity contribution in [2.24, 2.45) is 0 Å². The second-order valence-electron chi connectivity index (χ2n) is 5.67. The summed E-state index contributed by atoms with van der Waals surface area (Å²) >= 11 is 1.64. The van der Waals surface area contributed by atoms with Crippen molar-refractivity contribution >= 4 is 28.6 Å². The number of amides is 1. The van der Waals surface area contributed by atoms with Crippen LogP contribution in [0.25, 0.3) is 0 Å². The van der Waals surface area contributed by atoms with Crippen LogP contribution >= 0.6 is 11.3 Å². The first kappa shape index (κ1) is 14.9. The molecule has 0 unspecified atom stereocenters. The maximum absolute atomic E-state index is 12.3. The maximum Gasteiger partial charge on any atom is 0.227 e. The highest BCUT2D eigenvalue weighted by molar-refractivity contribution is 7.10. The lowest BCUT2D eigenvalue weighted by molar-refractivity contribution is -0.130. The number of aryl methyl sites for hydroxylation is 1. The summed E-state index contributed by atoms with van der Waals surface area (Å²) in [4.78, 5) is 17.8. The number of anilines is 2. The second kappa shape index (κ2) is 6.40. The fraction of sp³-hybridized carbons (Fsp3) is 0.353. The minimum Gasteiger partial charge on any atom is -0.399 e. The van der Waals surface area contributed by atoms with Crippen molar-refractivity contribution in [3.8, 4) is 0 Å². The minimum absolute atomic E-state index is 0.228. The molecule has 0 saturated carbocycles. The van der Waals surface area contributed by atoms with Crippen molar-refractivity contribution < 1.29 is 4.79 Å². The summed E-state index contributed by atoms with van der Waals surface area (Å²) < 4.78 is 0. The van der Waals surface area contributed by atoms with E-state index in [1.807, 2.05) is 34.5 Å². The Bertz CT molecular complexity index is 646. The van der Waals surface area contributed by atoms with Crippen LogP contribution in [0, 0.1) is 6.92 Å². The van der Waals surface area contributed by atoms with Gasteiger partial charge in [0.25, 0.3) is 0 Å². The van der Waals surface area contributed by atoms with Gasteiger partial charge in [-0.2, -0.15) is 0 Å². The average molecular weight is 315 g/mol. The van der Waals surface area contributed by atoms with Gasteiger partial charge in [0, 0.05) is 42.4 Å². The molecule has 1 aliphatic rings. The Kier molecular flexibility index (Phi) is 4.34. The van der Waals surface area contributed by atoms with Crippen molar-refractivity contribution in [2.45, 2.75) is 13.3 Å². The van der Waals surface area contributed by atoms with Crippen LogP contribution in [0.1, 0.15) is 10.4 Å². The molecule has 116 valence electrons. The molecule has 0 spiro atoms. The third-order valence-corrected chi connectivity index (χ3v) is 4.99. The Hall–Kier alpha value is -2.01. The Morgan fingerprint density at radius 2 is 2.00 bits per heavy atom. The first-order valence-corrected chi connectivity index (χ1v) is 8.42. The highest BCUT2D eigenvalue weighted by Crippen LogP contribution is 2.24. The van der Waals surface area contributed by atoms with Crippen LogP contribution < -0.4 is 10.6 Å². The lowest BCUT2D eigenvalue weighted by Gasteiger charge is -2.37. The van der Waals surface area contributed by atoms with Crippen LogP contribution in [0.4, 0.5) is 11.4 Å². The van der Waals surface area contributed by atoms with Crippen LogP contribution in [0.5, 0.6) is 0 Å². The molecule has 1 aliphatic heterocycles. The number of nitrogen functional groups attached to an aromatic ring is 1. The lowest BCUT2D eigenvalue weighted by Crippen LogP contribution is -2.49. The average Bonchev–Trinajstić information content (AvgIpc) is 3.03. The molecule has 5 heteroatoms. The molecule has 4 nitrogen and oxygen atoms in total. The van der Waals surface area contributed by atoms with Crippen molar-refractivity contribution in [1.29, 1.82) is 0 Å². The fourth-order valence-electron chi connectivity index (χ4n) is 2.84. The van der Waals surface area contributed by atoms with Gasteiger partial charge >= 0.3 is 0 Å². The third kappa shape index (κ3) is 3.25. The molecule has 1 saturated heterocycles. The lowest BCUT2D eigenvalue weighted by atomic mass is 10.1. The minimum atomic E-state index is 0.228. The van der Waals surface area contributed by atoms with E-state index in [4.69, 9.17) is 5.73 Å². The highest BCUT2D eigenvalue weighted by Gasteiger charge is 2.22. The van der Waals surface area contributed by atoms with Gasteiger partial charge in [0.05, 0.1) is 6.42 Å². The van der Waals surface area contributed by atoms with E-state index in [1.165, 1.54) is 11.3 Å². The number of thiophene rings is 1. The molecule has 0 aliphatic carbocycles. The Balaban J connectivity index is 1.60. The van der Waals surface area contributed by atoms with E-state index >= 15 is 0 Å². The van der Waals surface area contributed by atoms with Crippen molar-refractivity contribution in [3.05, 3.63) is 46.2 Å². The topological polar surface area (TPSA) is 49.6 Å². The van der Waals surface area contributed by atoms with Gasteiger partial charge in [-0.3, -0.25) is 4.79 Å². The van der Waals surface area contributed by atoms with Gasteiger partial charge in [0.2, 0.25) is 5.91 Å². The van der Waals surface area contributed by atoms with Crippen LogP contribution in [0.3, 0.4) is 0 Å². The van der Waals surface area contributed by atoms with Crippen molar-refractivity contribution in [3.63, 3.8) is 0 Å². The highest BCUT2D eigenvalue weighted by atomic mass is 32.1. The molecule has 1 amide bonds. The molecule has 0 bridgehead atoms. The summed E-state index contributed by atoms with van der Waals surface area (Å²) in [5.74, 6) is 0.228. The first-order chi connectivity index (χ1) is 10.6. The van der Waals surface area contributed by atoms with Crippen molar-refractivity contribution in [2.75, 3.05) is 36.8 Å². The molecule has 1 aromatic carbocycles. The van der Waals surface area contributed by atoms with Crippen LogP contribution in [0.2, 0.25) is 0 Å². The SMILES string of the molecule is Cc1ccc(N)cc1N1CCN(C(=O)Cc2cccs2)CC1. The van der Waals surface area contributed by atoms with E-state index in [1.54, 1.807) is 11.3 Å². The summed E-state index contributed by atoms with van der Waals surface area (Å²) in [7, 11) is 0. The van der Waals surface area contributed by atoms with E-state index in [0.717, 1.165) is 36.7 Å². The molecular weight excluding hydrogens is 294 g/mol. The zero-order valence-corrected chi connectivity index (χ0v) is 13.6. The normalized spacial score (nSPS) is 15.1. The van der Waals surface area contributed by atoms with Gasteiger partial charge in [-0.05, 0) is 36.1 Å². The van der Waals surface area contributed by atoms with Gasteiger partial charge in [-0.15, -0.1) is 11.3 Å². The Morgan fingerprint density at radius 3 is 2.68 bits per heavy atom. The molecule has 1 aromatic heterocycles. The molecule has 2 heterocycles. The van der Waals surface area contributed by atoms with E-state index < -0.39 is 0 Å². The number of carbonyl (C=O) groups is 1. The quantitative estimate of drug-likeness (QED) is 0.886. The molecular formula is C17H21N3OS. The molecule has 2 aromatic rings. The van der Waals surface area contributed by atoms with Gasteiger partial charge < -0.3 is 15.5 Å². The summed E-state index contributed by atoms with van der Waals surface area (Å²) in [6.45, 7) is 5.38. The maximum atomic E-state index is 12.3. The Labute approximate surface area is 135 Å². The van der Waals surface area contributed by atoms with E-state index in [0.29, 0.717) is 6.42 Å². The first-order valence-electron chi connectivity index (χ1n) is 7.55. The van der Waals surface area contributed by atoms with E-state index in [2.05, 4.69) is 17.9 Å². The van der Waals surface area contributed by atoms with Gasteiger partial charge in [0.15, 0.2) is 0 Å². The monoisotopic (exact) mass is 315 g/mol. The fourth-order valence-corrected chi connectivity index (χ4v) is 3.53. The Morgan fingerprint density at radius 1 is 1.23 bits per heavy atom. The predicted molar refractivity (Wildman–Crippen MR) is 92.4 cm³/mol. The molecule has 1 fully saturated rings. The number of rotatable bonds is 3. The van der Waals surface area contributed by atoms with E-state index in [-0.39, 0.29) is 5.91 Å². The zero-order valence-electron chi connectivity index (χ0n) is 12.8. The molecule has 0 atom stereocenters. The van der Waals surface area contributed by atoms with Crippen LogP contribution in [0.15, 0.2) is 35.7 Å². The summed E-state index contributed by atoms with van der Waals surface area (Å²) in [6.07, 6.45) is 0.523. The number of hydrogen-bond donors (Lipinski definition) is 1. The predicted octanol–water partition coefficient (Wildman–Crippen LogP) is 2.53. The van der Waals surface area contributed by atoms with Gasteiger partial charge in [-0.1, -0.05) is 12.1 Å². The largest absolute Gasteiger partial charge is 0.399 e. The summed E-state index contributed by atoms with van der Waals surface area (Å²) in [5.41, 5.74) is 9.10. The molecule has 3 rings (SSSR count). The number of carbonyl (C=O) groups excluding carboxylic acids is 1. The number of nitrogens with two attached hydrogens (primary N) is 1. The zero-order chi connectivity index (χ0) is 15.5. The molecule has 0 radical (unpaired) electrons.